The highest BCUT2D eigenvalue weighted by Gasteiger charge is 2.24. The highest BCUT2D eigenvalue weighted by molar-refractivity contribution is 5.86. The molecule has 8 nitrogen and oxygen atoms in total. The molecule has 3 heterocycles. The normalized spacial score (nSPS) is 16.5. The molecule has 4 aromatic rings. The fourth-order valence-corrected chi connectivity index (χ4v) is 4.73. The van der Waals surface area contributed by atoms with Crippen LogP contribution in [0.1, 0.15) is 24.3 Å². The van der Waals surface area contributed by atoms with Crippen molar-refractivity contribution >= 4 is 27.5 Å². The van der Waals surface area contributed by atoms with E-state index in [0.717, 1.165) is 53.5 Å². The number of likely N-dealkylation sites (tertiary alicyclic amines) is 1. The number of fused-ring (bicyclic) bond motifs is 2. The Bertz CT molecular complexity index is 1240. The molecular formula is C24H26N4O4. The number of hydrogen-bond donors (Lipinski definition) is 3. The second kappa shape index (κ2) is 8.64. The first kappa shape index (κ1) is 20.5. The molecule has 32 heavy (non-hydrogen) atoms. The molecule has 5 rings (SSSR count). The lowest BCUT2D eigenvalue weighted by atomic mass is 9.89. The summed E-state index contributed by atoms with van der Waals surface area (Å²) in [6, 6.07) is 12.8. The van der Waals surface area contributed by atoms with Gasteiger partial charge in [0.15, 0.2) is 0 Å². The van der Waals surface area contributed by atoms with Gasteiger partial charge in [-0.25, -0.2) is 0 Å². The third-order valence-corrected chi connectivity index (χ3v) is 6.39. The van der Waals surface area contributed by atoms with Gasteiger partial charge >= 0.3 is 0 Å². The summed E-state index contributed by atoms with van der Waals surface area (Å²) in [4.78, 5) is 19.3. The SMILES string of the molecule is O=[N+]([O-])c1ccc2c(C3CCN(CC(O)COc4cccc5[nH]ccc45)CC3)c[nH]c2c1. The van der Waals surface area contributed by atoms with Gasteiger partial charge in [-0.3, -0.25) is 10.1 Å². The van der Waals surface area contributed by atoms with Crippen LogP contribution in [0.5, 0.6) is 5.75 Å². The van der Waals surface area contributed by atoms with E-state index in [0.29, 0.717) is 12.5 Å². The molecule has 0 amide bonds. The standard InChI is InChI=1S/C24H26N4O4/c29-18(15-32-24-3-1-2-22-20(24)6-9-25-22)14-27-10-7-16(8-11-27)21-13-26-23-12-17(28(30)31)4-5-19(21)23/h1-6,9,12-13,16,18,25-26,29H,7-8,10-11,14-15H2. The largest absolute Gasteiger partial charge is 0.490 e. The average Bonchev–Trinajstić information content (AvgIpc) is 3.45. The number of nitrogens with one attached hydrogen (secondary N) is 2. The van der Waals surface area contributed by atoms with Crippen LogP contribution in [0.25, 0.3) is 21.8 Å². The summed E-state index contributed by atoms with van der Waals surface area (Å²) in [5.74, 6) is 1.18. The third-order valence-electron chi connectivity index (χ3n) is 6.39. The Kier molecular flexibility index (Phi) is 5.55. The molecule has 0 saturated carbocycles. The molecule has 3 N–H and O–H groups in total. The fourth-order valence-electron chi connectivity index (χ4n) is 4.73. The van der Waals surface area contributed by atoms with Gasteiger partial charge in [0, 0.05) is 47.4 Å². The van der Waals surface area contributed by atoms with Gasteiger partial charge in [0.25, 0.3) is 5.69 Å². The van der Waals surface area contributed by atoms with Crippen LogP contribution in [0, 0.1) is 10.1 Å². The number of H-pyrrole nitrogens is 2. The van der Waals surface area contributed by atoms with Crippen LogP contribution < -0.4 is 4.74 Å². The number of aromatic amines is 2. The molecule has 1 unspecified atom stereocenters. The number of piperidine rings is 1. The highest BCUT2D eigenvalue weighted by Crippen LogP contribution is 2.34. The Balaban J connectivity index is 1.15. The molecule has 166 valence electrons. The van der Waals surface area contributed by atoms with Crippen molar-refractivity contribution < 1.29 is 14.8 Å². The zero-order valence-corrected chi connectivity index (χ0v) is 17.7. The minimum absolute atomic E-state index is 0.102. The summed E-state index contributed by atoms with van der Waals surface area (Å²) >= 11 is 0. The molecule has 2 aromatic heterocycles. The molecule has 0 radical (unpaired) electrons. The highest BCUT2D eigenvalue weighted by atomic mass is 16.6. The first-order chi connectivity index (χ1) is 15.6. The van der Waals surface area contributed by atoms with E-state index < -0.39 is 6.10 Å². The van der Waals surface area contributed by atoms with E-state index in [1.165, 1.54) is 5.56 Å². The first-order valence-corrected chi connectivity index (χ1v) is 10.9. The van der Waals surface area contributed by atoms with Gasteiger partial charge < -0.3 is 24.7 Å². The van der Waals surface area contributed by atoms with E-state index in [9.17, 15) is 15.2 Å². The summed E-state index contributed by atoms with van der Waals surface area (Å²) in [7, 11) is 0. The van der Waals surface area contributed by atoms with Crippen LogP contribution in [0.2, 0.25) is 0 Å². The van der Waals surface area contributed by atoms with Crippen LogP contribution in [-0.4, -0.2) is 57.2 Å². The van der Waals surface area contributed by atoms with Gasteiger partial charge in [0.05, 0.1) is 10.4 Å². The van der Waals surface area contributed by atoms with E-state index in [4.69, 9.17) is 4.74 Å². The molecular weight excluding hydrogens is 408 g/mol. The van der Waals surface area contributed by atoms with Crippen LogP contribution in [-0.2, 0) is 0 Å². The number of ether oxygens (including phenoxy) is 1. The van der Waals surface area contributed by atoms with Gasteiger partial charge in [-0.2, -0.15) is 0 Å². The monoisotopic (exact) mass is 434 g/mol. The van der Waals surface area contributed by atoms with E-state index in [1.54, 1.807) is 12.1 Å². The predicted molar refractivity (Wildman–Crippen MR) is 123 cm³/mol. The Morgan fingerprint density at radius 3 is 2.78 bits per heavy atom. The van der Waals surface area contributed by atoms with Gasteiger partial charge in [0.1, 0.15) is 18.5 Å². The second-order valence-corrected chi connectivity index (χ2v) is 8.47. The quantitative estimate of drug-likeness (QED) is 0.299. The van der Waals surface area contributed by atoms with Crippen molar-refractivity contribution in [1.82, 2.24) is 14.9 Å². The average molecular weight is 434 g/mol. The number of nitro benzene ring substituents is 1. The predicted octanol–water partition coefficient (Wildman–Crippen LogP) is 4.18. The number of nitrogens with zero attached hydrogens (tertiary/aromatic N) is 2. The van der Waals surface area contributed by atoms with E-state index in [2.05, 4.69) is 14.9 Å². The number of aliphatic hydroxyl groups is 1. The number of β-amino-alcohol motifs (C(OH)–C–C–N with tert-alkyl or cyclic N) is 1. The minimum atomic E-state index is -0.561. The van der Waals surface area contributed by atoms with Crippen LogP contribution in [0.3, 0.4) is 0 Å². The maximum atomic E-state index is 11.0. The van der Waals surface area contributed by atoms with Crippen LogP contribution in [0.4, 0.5) is 5.69 Å². The number of rotatable bonds is 7. The van der Waals surface area contributed by atoms with E-state index in [-0.39, 0.29) is 17.2 Å². The maximum absolute atomic E-state index is 11.0. The molecule has 2 aromatic carbocycles. The fraction of sp³-hybridized carbons (Fsp3) is 0.333. The molecule has 8 heteroatoms. The van der Waals surface area contributed by atoms with Crippen molar-refractivity contribution in [3.63, 3.8) is 0 Å². The van der Waals surface area contributed by atoms with Crippen molar-refractivity contribution in [3.8, 4) is 5.75 Å². The second-order valence-electron chi connectivity index (χ2n) is 8.47. The topological polar surface area (TPSA) is 107 Å². The number of non-ortho nitro benzene ring substituents is 1. The molecule has 1 fully saturated rings. The Morgan fingerprint density at radius 2 is 1.97 bits per heavy atom. The Labute approximate surface area is 185 Å². The summed E-state index contributed by atoms with van der Waals surface area (Å²) in [6.45, 7) is 2.63. The smallest absolute Gasteiger partial charge is 0.271 e. The molecule has 0 spiro atoms. The summed E-state index contributed by atoms with van der Waals surface area (Å²) in [5.41, 5.74) is 3.15. The van der Waals surface area contributed by atoms with E-state index >= 15 is 0 Å². The molecule has 0 bridgehead atoms. The first-order valence-electron chi connectivity index (χ1n) is 10.9. The number of nitro groups is 1. The summed E-state index contributed by atoms with van der Waals surface area (Å²) < 4.78 is 5.89. The summed E-state index contributed by atoms with van der Waals surface area (Å²) in [6.07, 6.45) is 5.28. The lowest BCUT2D eigenvalue weighted by molar-refractivity contribution is -0.384. The third kappa shape index (κ3) is 4.06. The number of benzene rings is 2. The molecule has 1 atom stereocenters. The van der Waals surface area contributed by atoms with Gasteiger partial charge in [-0.05, 0) is 61.7 Å². The Hall–Kier alpha value is -3.36. The molecule has 0 aliphatic carbocycles. The van der Waals surface area contributed by atoms with Crippen molar-refractivity contribution in [2.45, 2.75) is 24.9 Å². The molecule has 1 saturated heterocycles. The van der Waals surface area contributed by atoms with Gasteiger partial charge in [-0.15, -0.1) is 0 Å². The van der Waals surface area contributed by atoms with E-state index in [1.807, 2.05) is 42.7 Å². The van der Waals surface area contributed by atoms with Crippen LogP contribution >= 0.6 is 0 Å². The zero-order chi connectivity index (χ0) is 22.1. The molecule has 1 aliphatic heterocycles. The number of aliphatic hydroxyl groups excluding tert-OH is 1. The Morgan fingerprint density at radius 1 is 1.12 bits per heavy atom. The molecule has 1 aliphatic rings. The van der Waals surface area contributed by atoms with Crippen molar-refractivity contribution in [1.29, 1.82) is 0 Å². The van der Waals surface area contributed by atoms with Crippen molar-refractivity contribution in [3.05, 3.63) is 70.5 Å². The van der Waals surface area contributed by atoms with Crippen molar-refractivity contribution in [2.75, 3.05) is 26.2 Å². The van der Waals surface area contributed by atoms with Crippen LogP contribution in [0.15, 0.2) is 54.9 Å². The summed E-state index contributed by atoms with van der Waals surface area (Å²) in [5, 5.41) is 23.6. The minimum Gasteiger partial charge on any atom is -0.490 e. The number of aromatic nitrogens is 2. The lowest BCUT2D eigenvalue weighted by Gasteiger charge is -2.33. The maximum Gasteiger partial charge on any atom is 0.271 e. The zero-order valence-electron chi connectivity index (χ0n) is 17.7. The lowest BCUT2D eigenvalue weighted by Crippen LogP contribution is -2.40. The van der Waals surface area contributed by atoms with Gasteiger partial charge in [0.2, 0.25) is 0 Å². The van der Waals surface area contributed by atoms with Crippen molar-refractivity contribution in [2.24, 2.45) is 0 Å². The van der Waals surface area contributed by atoms with Gasteiger partial charge in [-0.1, -0.05) is 6.07 Å². The number of hydrogen-bond acceptors (Lipinski definition) is 5.